The molecule has 20 heavy (non-hydrogen) atoms. The van der Waals surface area contributed by atoms with E-state index in [9.17, 15) is 0 Å². The van der Waals surface area contributed by atoms with Crippen LogP contribution < -0.4 is 5.73 Å². The summed E-state index contributed by atoms with van der Waals surface area (Å²) in [6.07, 6.45) is 12.9. The number of nitrogens with two attached hydrogens (primary N) is 1. The van der Waals surface area contributed by atoms with Crippen LogP contribution in [0.5, 0.6) is 0 Å². The normalized spacial score (nSPS) is 47.0. The first-order chi connectivity index (χ1) is 9.69. The van der Waals surface area contributed by atoms with Gasteiger partial charge in [0.05, 0.1) is 0 Å². The van der Waals surface area contributed by atoms with Gasteiger partial charge in [0.25, 0.3) is 0 Å². The highest BCUT2D eigenvalue weighted by molar-refractivity contribution is 5.05. The molecule has 0 radical (unpaired) electrons. The molecule has 5 unspecified atom stereocenters. The maximum Gasteiger partial charge on any atom is 0.0362 e. The average molecular weight is 278 g/mol. The lowest BCUT2D eigenvalue weighted by molar-refractivity contribution is -0.0804. The van der Waals surface area contributed by atoms with Crippen molar-refractivity contribution >= 4 is 0 Å². The monoisotopic (exact) mass is 278 g/mol. The van der Waals surface area contributed by atoms with Crippen LogP contribution in [0.1, 0.15) is 71.6 Å². The predicted octanol–water partition coefficient (Wildman–Crippen LogP) is 3.79. The number of fused-ring (bicyclic) bond motifs is 1. The van der Waals surface area contributed by atoms with Crippen molar-refractivity contribution < 1.29 is 0 Å². The van der Waals surface area contributed by atoms with Crippen LogP contribution in [0.3, 0.4) is 0 Å². The molecule has 2 heteroatoms. The summed E-state index contributed by atoms with van der Waals surface area (Å²) in [7, 11) is 0. The maximum atomic E-state index is 6.40. The van der Waals surface area contributed by atoms with Crippen molar-refractivity contribution in [1.29, 1.82) is 0 Å². The average Bonchev–Trinajstić information content (AvgIpc) is 2.50. The Hall–Kier alpha value is -0.0800. The van der Waals surface area contributed by atoms with Crippen molar-refractivity contribution in [3.05, 3.63) is 0 Å². The van der Waals surface area contributed by atoms with Crippen LogP contribution in [-0.2, 0) is 0 Å². The highest BCUT2D eigenvalue weighted by atomic mass is 15.3. The van der Waals surface area contributed by atoms with Gasteiger partial charge in [0.2, 0.25) is 0 Å². The van der Waals surface area contributed by atoms with Crippen LogP contribution in [0.15, 0.2) is 0 Å². The molecule has 0 aromatic heterocycles. The van der Waals surface area contributed by atoms with E-state index in [0.29, 0.717) is 5.54 Å². The third-order valence-electron chi connectivity index (χ3n) is 7.14. The van der Waals surface area contributed by atoms with Crippen LogP contribution in [0.2, 0.25) is 0 Å². The third-order valence-corrected chi connectivity index (χ3v) is 7.14. The topological polar surface area (TPSA) is 29.3 Å². The van der Waals surface area contributed by atoms with Gasteiger partial charge in [-0.25, -0.2) is 0 Å². The SMILES string of the molecule is CC1CCCC(CN)(N2CCCC3CCCCC32)C1C. The fourth-order valence-electron chi connectivity index (χ4n) is 5.73. The molecule has 116 valence electrons. The van der Waals surface area contributed by atoms with Crippen molar-refractivity contribution in [2.24, 2.45) is 23.5 Å². The molecular weight excluding hydrogens is 244 g/mol. The lowest BCUT2D eigenvalue weighted by atomic mass is 9.65. The van der Waals surface area contributed by atoms with E-state index in [2.05, 4.69) is 18.7 Å². The molecule has 1 saturated heterocycles. The Morgan fingerprint density at radius 3 is 2.55 bits per heavy atom. The summed E-state index contributed by atoms with van der Waals surface area (Å²) in [4.78, 5) is 2.93. The van der Waals surface area contributed by atoms with Gasteiger partial charge in [-0.2, -0.15) is 0 Å². The summed E-state index contributed by atoms with van der Waals surface area (Å²) >= 11 is 0. The van der Waals surface area contributed by atoms with E-state index in [4.69, 9.17) is 5.73 Å². The number of nitrogens with zero attached hydrogens (tertiary/aromatic N) is 1. The predicted molar refractivity (Wildman–Crippen MR) is 85.7 cm³/mol. The second-order valence-corrected chi connectivity index (χ2v) is 7.91. The molecule has 0 amide bonds. The molecule has 2 N–H and O–H groups in total. The molecule has 5 atom stereocenters. The summed E-state index contributed by atoms with van der Waals surface area (Å²) in [6.45, 7) is 7.14. The molecule has 3 aliphatic rings. The standard InChI is InChI=1S/C18H34N2/c1-14-7-5-11-18(13-19,15(14)2)20-12-6-9-16-8-3-4-10-17(16)20/h14-17H,3-13,19H2,1-2H3. The number of piperidine rings is 1. The van der Waals surface area contributed by atoms with Gasteiger partial charge in [-0.1, -0.05) is 39.5 Å². The Labute approximate surface area is 125 Å². The summed E-state index contributed by atoms with van der Waals surface area (Å²) in [5, 5.41) is 0. The molecule has 2 nitrogen and oxygen atoms in total. The molecule has 1 heterocycles. The van der Waals surface area contributed by atoms with Gasteiger partial charge in [-0.15, -0.1) is 0 Å². The number of hydrogen-bond donors (Lipinski definition) is 1. The summed E-state index contributed by atoms with van der Waals surface area (Å²) < 4.78 is 0. The molecule has 2 saturated carbocycles. The summed E-state index contributed by atoms with van der Waals surface area (Å²) in [6, 6.07) is 0.855. The minimum Gasteiger partial charge on any atom is -0.329 e. The van der Waals surface area contributed by atoms with Gasteiger partial charge in [0.15, 0.2) is 0 Å². The van der Waals surface area contributed by atoms with Crippen LogP contribution in [0.4, 0.5) is 0 Å². The fraction of sp³-hybridized carbons (Fsp3) is 1.00. The van der Waals surface area contributed by atoms with E-state index < -0.39 is 0 Å². The van der Waals surface area contributed by atoms with Crippen molar-refractivity contribution in [3.8, 4) is 0 Å². The van der Waals surface area contributed by atoms with Crippen molar-refractivity contribution in [1.82, 2.24) is 4.90 Å². The number of likely N-dealkylation sites (tertiary alicyclic amines) is 1. The Morgan fingerprint density at radius 1 is 1.00 bits per heavy atom. The molecule has 3 rings (SSSR count). The Morgan fingerprint density at radius 2 is 1.75 bits per heavy atom. The molecular formula is C18H34N2. The quantitative estimate of drug-likeness (QED) is 0.832. The largest absolute Gasteiger partial charge is 0.329 e. The fourth-order valence-corrected chi connectivity index (χ4v) is 5.73. The summed E-state index contributed by atoms with van der Waals surface area (Å²) in [5.74, 6) is 2.59. The molecule has 0 aromatic rings. The Kier molecular flexibility index (Phi) is 4.42. The zero-order valence-electron chi connectivity index (χ0n) is 13.6. The molecule has 2 aliphatic carbocycles. The smallest absolute Gasteiger partial charge is 0.0362 e. The summed E-state index contributed by atoms with van der Waals surface area (Å²) in [5.41, 5.74) is 6.72. The van der Waals surface area contributed by atoms with Gasteiger partial charge in [0, 0.05) is 18.1 Å². The molecule has 0 spiro atoms. The highest BCUT2D eigenvalue weighted by Gasteiger charge is 2.49. The van der Waals surface area contributed by atoms with Crippen LogP contribution in [-0.4, -0.2) is 29.6 Å². The number of rotatable bonds is 2. The first-order valence-electron chi connectivity index (χ1n) is 9.16. The Bertz CT molecular complexity index is 327. The second kappa shape index (κ2) is 5.96. The first kappa shape index (κ1) is 14.8. The van der Waals surface area contributed by atoms with Gasteiger partial charge in [-0.05, 0) is 56.4 Å². The van der Waals surface area contributed by atoms with Crippen LogP contribution >= 0.6 is 0 Å². The van der Waals surface area contributed by atoms with E-state index in [1.165, 1.54) is 64.3 Å². The van der Waals surface area contributed by atoms with E-state index in [1.807, 2.05) is 0 Å². The van der Waals surface area contributed by atoms with Gasteiger partial charge < -0.3 is 5.73 Å². The number of hydrogen-bond acceptors (Lipinski definition) is 2. The van der Waals surface area contributed by atoms with Gasteiger partial charge in [-0.3, -0.25) is 4.90 Å². The molecule has 0 aromatic carbocycles. The van der Waals surface area contributed by atoms with Gasteiger partial charge >= 0.3 is 0 Å². The van der Waals surface area contributed by atoms with Crippen molar-refractivity contribution in [3.63, 3.8) is 0 Å². The molecule has 0 bridgehead atoms. The third kappa shape index (κ3) is 2.33. The van der Waals surface area contributed by atoms with Crippen molar-refractivity contribution in [2.75, 3.05) is 13.1 Å². The zero-order chi connectivity index (χ0) is 14.2. The lowest BCUT2D eigenvalue weighted by Gasteiger charge is -2.58. The van der Waals surface area contributed by atoms with E-state index in [-0.39, 0.29) is 0 Å². The lowest BCUT2D eigenvalue weighted by Crippen LogP contribution is -2.66. The minimum absolute atomic E-state index is 0.318. The van der Waals surface area contributed by atoms with Crippen LogP contribution in [0, 0.1) is 17.8 Å². The highest BCUT2D eigenvalue weighted by Crippen LogP contribution is 2.46. The van der Waals surface area contributed by atoms with Gasteiger partial charge in [0.1, 0.15) is 0 Å². The van der Waals surface area contributed by atoms with E-state index in [0.717, 1.165) is 30.3 Å². The van der Waals surface area contributed by atoms with E-state index >= 15 is 0 Å². The van der Waals surface area contributed by atoms with Crippen LogP contribution in [0.25, 0.3) is 0 Å². The maximum absolute atomic E-state index is 6.40. The Balaban J connectivity index is 1.86. The van der Waals surface area contributed by atoms with E-state index in [1.54, 1.807) is 0 Å². The minimum atomic E-state index is 0.318. The molecule has 1 aliphatic heterocycles. The van der Waals surface area contributed by atoms with Crippen molar-refractivity contribution in [2.45, 2.75) is 83.2 Å². The second-order valence-electron chi connectivity index (χ2n) is 7.91. The molecule has 3 fully saturated rings. The first-order valence-corrected chi connectivity index (χ1v) is 9.16. The zero-order valence-corrected chi connectivity index (χ0v) is 13.6.